The van der Waals surface area contributed by atoms with Gasteiger partial charge in [-0.25, -0.2) is 4.98 Å². The first-order valence-electron chi connectivity index (χ1n) is 10.7. The van der Waals surface area contributed by atoms with Crippen LogP contribution in [0, 0.1) is 0 Å². The number of aliphatic hydroxyl groups excluding tert-OH is 1. The number of hydrogen-bond acceptors (Lipinski definition) is 8. The average Bonchev–Trinajstić information content (AvgIpc) is 2.78. The minimum Gasteiger partial charge on any atom is -0.493 e. The van der Waals surface area contributed by atoms with E-state index in [-0.39, 0.29) is 42.9 Å². The number of benzene rings is 1. The van der Waals surface area contributed by atoms with Crippen LogP contribution in [0.4, 0.5) is 5.95 Å². The van der Waals surface area contributed by atoms with E-state index in [0.717, 1.165) is 35.2 Å². The third-order valence-electron chi connectivity index (χ3n) is 5.96. The fraction of sp³-hybridized carbons (Fsp3) is 0.522. The summed E-state index contributed by atoms with van der Waals surface area (Å²) >= 11 is 0. The molecule has 1 aromatic heterocycles. The second-order valence-corrected chi connectivity index (χ2v) is 8.13. The molecule has 2 aliphatic rings. The van der Waals surface area contributed by atoms with Crippen LogP contribution in [0.3, 0.4) is 0 Å². The Kier molecular flexibility index (Phi) is 9.17. The second-order valence-electron chi connectivity index (χ2n) is 8.13. The van der Waals surface area contributed by atoms with Crippen LogP contribution in [0.25, 0.3) is 0 Å². The molecule has 1 fully saturated rings. The molecule has 1 saturated carbocycles. The Morgan fingerprint density at radius 1 is 1.06 bits per heavy atom. The Morgan fingerprint density at radius 3 is 2.45 bits per heavy atom. The molecule has 0 spiro atoms. The third kappa shape index (κ3) is 5.13. The summed E-state index contributed by atoms with van der Waals surface area (Å²) in [5.41, 5.74) is 3.58. The molecule has 4 rings (SSSR count). The van der Waals surface area contributed by atoms with Gasteiger partial charge >= 0.3 is 0 Å². The Balaban J connectivity index is 0.00000193. The van der Waals surface area contributed by atoms with Gasteiger partial charge in [-0.15, -0.1) is 24.8 Å². The van der Waals surface area contributed by atoms with E-state index >= 15 is 0 Å². The normalized spacial score (nSPS) is 20.8. The van der Waals surface area contributed by atoms with Gasteiger partial charge in [-0.2, -0.15) is 4.98 Å². The molecule has 0 saturated heterocycles. The molecule has 0 bridgehead atoms. The Bertz CT molecular complexity index is 1000. The zero-order valence-corrected chi connectivity index (χ0v) is 21.2. The third-order valence-corrected chi connectivity index (χ3v) is 5.96. The molecular weight excluding hydrogens is 467 g/mol. The minimum atomic E-state index is -0.319. The van der Waals surface area contributed by atoms with Crippen LogP contribution in [-0.2, 0) is 0 Å². The molecular formula is C23H32Cl2N4O4. The number of anilines is 1. The van der Waals surface area contributed by atoms with Crippen LogP contribution in [0.2, 0.25) is 0 Å². The van der Waals surface area contributed by atoms with E-state index in [9.17, 15) is 5.11 Å². The largest absolute Gasteiger partial charge is 0.493 e. The van der Waals surface area contributed by atoms with Crippen molar-refractivity contribution in [1.29, 1.82) is 0 Å². The van der Waals surface area contributed by atoms with Crippen molar-refractivity contribution in [3.8, 4) is 17.4 Å². The zero-order chi connectivity index (χ0) is 22.1. The van der Waals surface area contributed by atoms with Crippen LogP contribution < -0.4 is 19.1 Å². The van der Waals surface area contributed by atoms with Crippen molar-refractivity contribution in [3.63, 3.8) is 0 Å². The van der Waals surface area contributed by atoms with Crippen LogP contribution in [-0.4, -0.2) is 67.9 Å². The van der Waals surface area contributed by atoms with Crippen LogP contribution in [0.15, 0.2) is 23.3 Å². The highest BCUT2D eigenvalue weighted by Crippen LogP contribution is 2.45. The highest BCUT2D eigenvalue weighted by molar-refractivity contribution is 6.16. The lowest BCUT2D eigenvalue weighted by molar-refractivity contribution is 0.111. The molecule has 1 aliphatic carbocycles. The molecule has 0 radical (unpaired) electrons. The molecule has 2 aromatic rings. The zero-order valence-electron chi connectivity index (χ0n) is 19.6. The summed E-state index contributed by atoms with van der Waals surface area (Å²) in [5.74, 6) is 2.52. The quantitative estimate of drug-likeness (QED) is 0.649. The maximum Gasteiger partial charge on any atom is 0.228 e. The van der Waals surface area contributed by atoms with E-state index in [1.54, 1.807) is 20.4 Å². The Morgan fingerprint density at radius 2 is 1.82 bits per heavy atom. The molecule has 1 aromatic carbocycles. The van der Waals surface area contributed by atoms with Gasteiger partial charge in [-0.05, 0) is 43.9 Å². The number of aliphatic imine (C=N–C) groups is 1. The summed E-state index contributed by atoms with van der Waals surface area (Å²) in [6.45, 7) is 2.49. The molecule has 0 amide bonds. The number of ether oxygens (including phenoxy) is 3. The average molecular weight is 499 g/mol. The van der Waals surface area contributed by atoms with E-state index < -0.39 is 0 Å². The predicted molar refractivity (Wildman–Crippen MR) is 134 cm³/mol. The van der Waals surface area contributed by atoms with Crippen molar-refractivity contribution in [2.45, 2.75) is 44.2 Å². The van der Waals surface area contributed by atoms with Gasteiger partial charge in [0.15, 0.2) is 11.5 Å². The van der Waals surface area contributed by atoms with Gasteiger partial charge in [-0.3, -0.25) is 4.99 Å². The fourth-order valence-electron chi connectivity index (χ4n) is 4.48. The molecule has 182 valence electrons. The first-order chi connectivity index (χ1) is 15.0. The summed E-state index contributed by atoms with van der Waals surface area (Å²) in [7, 11) is 7.01. The van der Waals surface area contributed by atoms with Gasteiger partial charge in [0.1, 0.15) is 0 Å². The number of aliphatic hydroxyl groups is 1. The lowest BCUT2D eigenvalue weighted by atomic mass is 9.74. The molecule has 1 aliphatic heterocycles. The van der Waals surface area contributed by atoms with Crippen LogP contribution >= 0.6 is 24.8 Å². The van der Waals surface area contributed by atoms with Gasteiger partial charge in [0, 0.05) is 31.8 Å². The van der Waals surface area contributed by atoms with E-state index in [2.05, 4.69) is 9.97 Å². The Labute approximate surface area is 207 Å². The highest BCUT2D eigenvalue weighted by atomic mass is 35.5. The van der Waals surface area contributed by atoms with E-state index in [1.807, 2.05) is 38.1 Å². The standard InChI is InChI=1S/C23H30N4O4.2ClH/c1-6-31-20-10-14-15-9-13(28)7-8-18(15)25-21(16(14)11-19(20)29-4)17-12-24-23(27(2)3)26-22(17)30-5;;/h10-13,15,18,28H,6-9H2,1-5H3;2*1H/t13-,15-,18-;;/m1../s1. The molecule has 0 unspecified atom stereocenters. The first-order valence-corrected chi connectivity index (χ1v) is 10.7. The van der Waals surface area contributed by atoms with E-state index in [4.69, 9.17) is 19.2 Å². The van der Waals surface area contributed by atoms with Crippen molar-refractivity contribution >= 4 is 36.5 Å². The predicted octanol–water partition coefficient (Wildman–Crippen LogP) is 3.65. The second kappa shape index (κ2) is 11.2. The number of nitrogens with zero attached hydrogens (tertiary/aromatic N) is 4. The summed E-state index contributed by atoms with van der Waals surface area (Å²) in [6, 6.07) is 4.09. The van der Waals surface area contributed by atoms with Crippen molar-refractivity contribution in [1.82, 2.24) is 9.97 Å². The van der Waals surface area contributed by atoms with Crippen LogP contribution in [0.1, 0.15) is 48.8 Å². The first kappa shape index (κ1) is 27.0. The van der Waals surface area contributed by atoms with Gasteiger partial charge in [0.05, 0.1) is 44.2 Å². The van der Waals surface area contributed by atoms with Gasteiger partial charge in [-0.1, -0.05) is 0 Å². The molecule has 8 nitrogen and oxygen atoms in total. The summed E-state index contributed by atoms with van der Waals surface area (Å²) in [5, 5.41) is 10.3. The van der Waals surface area contributed by atoms with Crippen molar-refractivity contribution < 1.29 is 19.3 Å². The summed E-state index contributed by atoms with van der Waals surface area (Å²) in [4.78, 5) is 16.0. The fourth-order valence-corrected chi connectivity index (χ4v) is 4.48. The Hall–Kier alpha value is -2.29. The van der Waals surface area contributed by atoms with Gasteiger partial charge in [0.25, 0.3) is 0 Å². The minimum absolute atomic E-state index is 0. The van der Waals surface area contributed by atoms with E-state index in [0.29, 0.717) is 36.4 Å². The molecule has 2 heterocycles. The number of rotatable bonds is 6. The van der Waals surface area contributed by atoms with Gasteiger partial charge in [0.2, 0.25) is 11.8 Å². The number of fused-ring (bicyclic) bond motifs is 3. The monoisotopic (exact) mass is 498 g/mol. The molecule has 10 heteroatoms. The lowest BCUT2D eigenvalue weighted by Gasteiger charge is -2.37. The van der Waals surface area contributed by atoms with Crippen LogP contribution in [0.5, 0.6) is 17.4 Å². The number of methoxy groups -OCH3 is 2. The van der Waals surface area contributed by atoms with Gasteiger partial charge < -0.3 is 24.2 Å². The smallest absolute Gasteiger partial charge is 0.228 e. The maximum absolute atomic E-state index is 10.3. The molecule has 33 heavy (non-hydrogen) atoms. The topological polar surface area (TPSA) is 89.3 Å². The maximum atomic E-state index is 10.3. The molecule has 3 atom stereocenters. The number of halogens is 2. The van der Waals surface area contributed by atoms with Crippen molar-refractivity contribution in [2.75, 3.05) is 39.8 Å². The van der Waals surface area contributed by atoms with E-state index in [1.165, 1.54) is 0 Å². The number of hydrogen-bond donors (Lipinski definition) is 1. The molecule has 1 N–H and O–H groups in total. The summed E-state index contributed by atoms with van der Waals surface area (Å²) < 4.78 is 17.1. The van der Waals surface area contributed by atoms with Crippen molar-refractivity contribution in [3.05, 3.63) is 35.0 Å². The van der Waals surface area contributed by atoms with Crippen molar-refractivity contribution in [2.24, 2.45) is 4.99 Å². The number of aromatic nitrogens is 2. The summed E-state index contributed by atoms with van der Waals surface area (Å²) in [6.07, 6.45) is 3.70. The highest BCUT2D eigenvalue weighted by Gasteiger charge is 2.38. The lowest BCUT2D eigenvalue weighted by Crippen LogP contribution is -2.34. The SMILES string of the molecule is CCOc1cc2c(cc1OC)C(c1cnc(N(C)C)nc1OC)=N[C@@H]1CC[C@@H](O)C[C@H]21.Cl.Cl.